The minimum absolute atomic E-state index is 0.157. The largest absolute Gasteiger partial charge is 0.351 e. The molecule has 0 aliphatic heterocycles. The summed E-state index contributed by atoms with van der Waals surface area (Å²) in [5, 5.41) is 9.01. The minimum atomic E-state index is -0.759. The topological polar surface area (TPSA) is 70.2 Å². The first-order valence-corrected chi connectivity index (χ1v) is 9.35. The van der Waals surface area contributed by atoms with Crippen LogP contribution in [0, 0.1) is 5.41 Å². The summed E-state index contributed by atoms with van der Waals surface area (Å²) in [4.78, 5) is 24.6. The van der Waals surface area contributed by atoms with Crippen LogP contribution in [0.25, 0.3) is 0 Å². The number of nitrogens with one attached hydrogen (secondary N) is 3. The van der Waals surface area contributed by atoms with E-state index in [0.717, 1.165) is 12.0 Å². The van der Waals surface area contributed by atoms with Gasteiger partial charge in [0.15, 0.2) is 0 Å². The summed E-state index contributed by atoms with van der Waals surface area (Å²) in [7, 11) is 0. The van der Waals surface area contributed by atoms with E-state index in [0.29, 0.717) is 17.3 Å². The maximum atomic E-state index is 12.5. The van der Waals surface area contributed by atoms with E-state index >= 15 is 0 Å². The molecule has 0 atom stereocenters. The zero-order chi connectivity index (χ0) is 19.9. The Kier molecular flexibility index (Phi) is 7.25. The van der Waals surface area contributed by atoms with E-state index in [1.54, 1.807) is 19.9 Å². The monoisotopic (exact) mass is 387 g/mol. The summed E-state index contributed by atoms with van der Waals surface area (Å²) in [6.07, 6.45) is 0.948. The normalized spacial score (nSPS) is 11.0. The van der Waals surface area contributed by atoms with Crippen molar-refractivity contribution in [3.63, 3.8) is 0 Å². The lowest BCUT2D eigenvalue weighted by Crippen LogP contribution is -2.45. The third kappa shape index (κ3) is 6.29. The van der Waals surface area contributed by atoms with Crippen molar-refractivity contribution in [1.29, 1.82) is 0 Å². The fourth-order valence-corrected chi connectivity index (χ4v) is 2.64. The first-order valence-electron chi connectivity index (χ1n) is 8.97. The summed E-state index contributed by atoms with van der Waals surface area (Å²) in [6.45, 7) is 6.20. The molecule has 0 saturated heterocycles. The van der Waals surface area contributed by atoms with Gasteiger partial charge in [0.25, 0.3) is 0 Å². The number of carbonyl (C=O) groups is 2. The fraction of sp³-hybridized carbons (Fsp3) is 0.333. The highest BCUT2D eigenvalue weighted by molar-refractivity contribution is 6.31. The molecule has 0 bridgehead atoms. The Morgan fingerprint density at radius 1 is 1.00 bits per heavy atom. The number of halogens is 1. The highest BCUT2D eigenvalue weighted by Crippen LogP contribution is 2.17. The second-order valence-corrected chi connectivity index (χ2v) is 7.42. The molecule has 3 amide bonds. The summed E-state index contributed by atoms with van der Waals surface area (Å²) < 4.78 is 0. The molecule has 0 saturated carbocycles. The van der Waals surface area contributed by atoms with Crippen molar-refractivity contribution in [3.05, 3.63) is 64.7 Å². The molecule has 0 fully saturated rings. The molecule has 0 aliphatic rings. The molecule has 0 radical (unpaired) electrons. The molecule has 0 aliphatic carbocycles. The Morgan fingerprint density at radius 2 is 1.67 bits per heavy atom. The number of rotatable bonds is 7. The Hall–Kier alpha value is -2.53. The van der Waals surface area contributed by atoms with E-state index in [1.807, 2.05) is 42.5 Å². The summed E-state index contributed by atoms with van der Waals surface area (Å²) >= 11 is 6.10. The van der Waals surface area contributed by atoms with Gasteiger partial charge in [-0.1, -0.05) is 48.9 Å². The zero-order valence-corrected chi connectivity index (χ0v) is 16.7. The number of benzene rings is 2. The summed E-state index contributed by atoms with van der Waals surface area (Å²) in [6, 6.07) is 14.7. The summed E-state index contributed by atoms with van der Waals surface area (Å²) in [5.41, 5.74) is 2.01. The molecule has 2 aromatic carbocycles. The van der Waals surface area contributed by atoms with E-state index in [1.165, 1.54) is 5.56 Å². The van der Waals surface area contributed by atoms with Crippen molar-refractivity contribution in [2.24, 2.45) is 5.41 Å². The van der Waals surface area contributed by atoms with Gasteiger partial charge in [0.2, 0.25) is 5.91 Å². The predicted octanol–water partition coefficient (Wildman–Crippen LogP) is 4.37. The maximum Gasteiger partial charge on any atom is 0.319 e. The third-order valence-corrected chi connectivity index (χ3v) is 4.69. The van der Waals surface area contributed by atoms with Crippen LogP contribution >= 0.6 is 11.6 Å². The lowest BCUT2D eigenvalue weighted by molar-refractivity contribution is -0.129. The minimum Gasteiger partial charge on any atom is -0.351 e. The Balaban J connectivity index is 1.82. The molecule has 6 heteroatoms. The van der Waals surface area contributed by atoms with Crippen LogP contribution in [0.3, 0.4) is 0 Å². The van der Waals surface area contributed by atoms with Crippen LogP contribution in [-0.4, -0.2) is 18.5 Å². The van der Waals surface area contributed by atoms with E-state index in [-0.39, 0.29) is 18.5 Å². The van der Waals surface area contributed by atoms with Crippen molar-refractivity contribution in [2.45, 2.75) is 33.7 Å². The van der Waals surface area contributed by atoms with Gasteiger partial charge in [0.1, 0.15) is 0 Å². The molecule has 0 spiro atoms. The van der Waals surface area contributed by atoms with E-state index in [9.17, 15) is 9.59 Å². The van der Waals surface area contributed by atoms with Crippen LogP contribution in [0.2, 0.25) is 5.02 Å². The van der Waals surface area contributed by atoms with Crippen molar-refractivity contribution in [2.75, 3.05) is 11.9 Å². The van der Waals surface area contributed by atoms with Crippen LogP contribution in [0.5, 0.6) is 0 Å². The third-order valence-electron chi connectivity index (χ3n) is 4.32. The van der Waals surface area contributed by atoms with Crippen LogP contribution in [0.1, 0.15) is 31.9 Å². The maximum absolute atomic E-state index is 12.5. The molecular weight excluding hydrogens is 362 g/mol. The van der Waals surface area contributed by atoms with Gasteiger partial charge in [-0.2, -0.15) is 0 Å². The quantitative estimate of drug-likeness (QED) is 0.660. The first-order chi connectivity index (χ1) is 12.8. The second kappa shape index (κ2) is 9.42. The van der Waals surface area contributed by atoms with Gasteiger partial charge >= 0.3 is 6.03 Å². The molecule has 0 unspecified atom stereocenters. The molecule has 144 valence electrons. The van der Waals surface area contributed by atoms with Gasteiger partial charge in [-0.25, -0.2) is 4.79 Å². The Labute approximate surface area is 165 Å². The Morgan fingerprint density at radius 3 is 2.30 bits per heavy atom. The highest BCUT2D eigenvalue weighted by Gasteiger charge is 2.28. The highest BCUT2D eigenvalue weighted by atomic mass is 35.5. The van der Waals surface area contributed by atoms with Crippen molar-refractivity contribution < 1.29 is 9.59 Å². The predicted molar refractivity (Wildman–Crippen MR) is 110 cm³/mol. The zero-order valence-electron chi connectivity index (χ0n) is 15.9. The number of anilines is 1. The van der Waals surface area contributed by atoms with E-state index in [4.69, 9.17) is 11.6 Å². The number of amides is 3. The van der Waals surface area contributed by atoms with Crippen LogP contribution in [0.15, 0.2) is 48.5 Å². The van der Waals surface area contributed by atoms with Crippen LogP contribution in [0.4, 0.5) is 10.5 Å². The molecule has 5 nitrogen and oxygen atoms in total. The van der Waals surface area contributed by atoms with Crippen LogP contribution < -0.4 is 16.0 Å². The van der Waals surface area contributed by atoms with Crippen LogP contribution in [-0.2, 0) is 17.8 Å². The molecule has 3 N–H and O–H groups in total. The average molecular weight is 388 g/mol. The number of hydrogen-bond acceptors (Lipinski definition) is 2. The van der Waals surface area contributed by atoms with Gasteiger partial charge in [-0.05, 0) is 49.6 Å². The van der Waals surface area contributed by atoms with Crippen molar-refractivity contribution in [3.8, 4) is 0 Å². The van der Waals surface area contributed by atoms with Crippen molar-refractivity contribution >= 4 is 29.2 Å². The molecule has 27 heavy (non-hydrogen) atoms. The fourth-order valence-electron chi connectivity index (χ4n) is 2.44. The molecule has 2 aromatic rings. The summed E-state index contributed by atoms with van der Waals surface area (Å²) in [5.74, 6) is -0.157. The number of aryl methyl sites for hydroxylation is 1. The standard InChI is InChI=1S/C21H26ClN3O2/c1-4-15-9-11-17(12-10-15)25-20(27)24-14-21(2,3)19(26)23-13-16-7-5-6-8-18(16)22/h5-12H,4,13-14H2,1-3H3,(H,23,26)(H2,24,25,27). The Bertz CT molecular complexity index is 788. The molecular formula is C21H26ClN3O2. The SMILES string of the molecule is CCc1ccc(NC(=O)NCC(C)(C)C(=O)NCc2ccccc2Cl)cc1. The molecule has 2 rings (SSSR count). The van der Waals surface area contributed by atoms with Gasteiger partial charge in [-0.3, -0.25) is 4.79 Å². The van der Waals surface area contributed by atoms with Crippen molar-refractivity contribution in [1.82, 2.24) is 10.6 Å². The van der Waals surface area contributed by atoms with Gasteiger partial charge < -0.3 is 16.0 Å². The smallest absolute Gasteiger partial charge is 0.319 e. The van der Waals surface area contributed by atoms with Gasteiger partial charge in [0.05, 0.1) is 5.41 Å². The van der Waals surface area contributed by atoms with E-state index < -0.39 is 5.41 Å². The first kappa shape index (κ1) is 20.8. The number of urea groups is 1. The van der Waals surface area contributed by atoms with E-state index in [2.05, 4.69) is 22.9 Å². The average Bonchev–Trinajstić information content (AvgIpc) is 2.66. The lowest BCUT2D eigenvalue weighted by atomic mass is 9.92. The van der Waals surface area contributed by atoms with Gasteiger partial charge in [-0.15, -0.1) is 0 Å². The number of hydrogen-bond donors (Lipinski definition) is 3. The second-order valence-electron chi connectivity index (χ2n) is 7.02. The van der Waals surface area contributed by atoms with Gasteiger partial charge in [0, 0.05) is 23.8 Å². The molecule has 0 heterocycles. The lowest BCUT2D eigenvalue weighted by Gasteiger charge is -2.24. The number of carbonyl (C=O) groups excluding carboxylic acids is 2. The molecule has 0 aromatic heterocycles.